The maximum atomic E-state index is 11.8. The number of fused-ring (bicyclic) bond motifs is 4. The van der Waals surface area contributed by atoms with Crippen molar-refractivity contribution in [2.24, 2.45) is 5.92 Å². The fourth-order valence-electron chi connectivity index (χ4n) is 5.87. The Balaban J connectivity index is 1.78. The molecule has 2 fully saturated rings. The second kappa shape index (κ2) is 6.42. The molecule has 1 heterocycles. The molecule has 4 heteroatoms. The Hall–Kier alpha value is -1.26. The van der Waals surface area contributed by atoms with Crippen LogP contribution in [0.1, 0.15) is 69.9 Å². The van der Waals surface area contributed by atoms with E-state index in [1.165, 1.54) is 19.3 Å². The Morgan fingerprint density at radius 2 is 2.00 bits per heavy atom. The summed E-state index contributed by atoms with van der Waals surface area (Å²) in [5.41, 5.74) is 0.546. The topological polar surface area (TPSA) is 63.9 Å². The summed E-state index contributed by atoms with van der Waals surface area (Å²) in [5, 5.41) is 32.7. The highest BCUT2D eigenvalue weighted by Crippen LogP contribution is 2.57. The second-order valence-electron chi connectivity index (χ2n) is 9.06. The number of piperidine rings is 1. The summed E-state index contributed by atoms with van der Waals surface area (Å²) in [6, 6.07) is 3.65. The van der Waals surface area contributed by atoms with E-state index in [9.17, 15) is 15.3 Å². The van der Waals surface area contributed by atoms with E-state index < -0.39 is 11.0 Å². The van der Waals surface area contributed by atoms with Crippen LogP contribution in [-0.2, 0) is 11.8 Å². The van der Waals surface area contributed by atoms with Gasteiger partial charge >= 0.3 is 0 Å². The number of phenolic OH excluding ortho intramolecular Hbond substituents is 2. The van der Waals surface area contributed by atoms with Crippen LogP contribution in [0.3, 0.4) is 0 Å². The van der Waals surface area contributed by atoms with E-state index in [4.69, 9.17) is 0 Å². The van der Waals surface area contributed by atoms with Crippen molar-refractivity contribution >= 4 is 0 Å². The fourth-order valence-corrected chi connectivity index (χ4v) is 5.87. The molecule has 0 amide bonds. The number of aromatic hydroxyl groups is 2. The lowest BCUT2D eigenvalue weighted by Crippen LogP contribution is -2.70. The fraction of sp³-hybridized carbons (Fsp3) is 0.727. The maximum absolute atomic E-state index is 11.8. The lowest BCUT2D eigenvalue weighted by Gasteiger charge is -2.61. The van der Waals surface area contributed by atoms with Gasteiger partial charge in [-0.2, -0.15) is 0 Å². The third-order valence-electron chi connectivity index (χ3n) is 7.69. The van der Waals surface area contributed by atoms with Gasteiger partial charge in [-0.3, -0.25) is 4.90 Å². The van der Waals surface area contributed by atoms with Crippen molar-refractivity contribution in [2.45, 2.75) is 82.3 Å². The normalized spacial score (nSPS) is 34.3. The van der Waals surface area contributed by atoms with E-state index in [-0.39, 0.29) is 17.5 Å². The zero-order chi connectivity index (χ0) is 18.5. The van der Waals surface area contributed by atoms with Gasteiger partial charge in [-0.25, -0.2) is 0 Å². The number of hydrogen-bond acceptors (Lipinski definition) is 4. The number of unbranched alkanes of at least 4 members (excludes halogenated alkanes) is 1. The number of benzene rings is 1. The summed E-state index contributed by atoms with van der Waals surface area (Å²) in [6.45, 7) is 6.20. The third kappa shape index (κ3) is 2.49. The number of likely N-dealkylation sites (tertiary alicyclic amines) is 1. The quantitative estimate of drug-likeness (QED) is 0.701. The van der Waals surface area contributed by atoms with E-state index >= 15 is 0 Å². The van der Waals surface area contributed by atoms with Crippen molar-refractivity contribution in [3.63, 3.8) is 0 Å². The predicted octanol–water partition coefficient (Wildman–Crippen LogP) is 3.71. The highest BCUT2D eigenvalue weighted by molar-refractivity contribution is 5.57. The summed E-state index contributed by atoms with van der Waals surface area (Å²) in [7, 11) is 0. The van der Waals surface area contributed by atoms with Gasteiger partial charge in [-0.05, 0) is 63.1 Å². The van der Waals surface area contributed by atoms with Crippen molar-refractivity contribution in [2.75, 3.05) is 13.1 Å². The van der Waals surface area contributed by atoms with Crippen LogP contribution in [0, 0.1) is 5.92 Å². The molecule has 1 saturated carbocycles. The van der Waals surface area contributed by atoms with Gasteiger partial charge in [0.2, 0.25) is 0 Å². The first-order valence-electron chi connectivity index (χ1n) is 10.4. The van der Waals surface area contributed by atoms with Gasteiger partial charge in [0.25, 0.3) is 0 Å². The van der Waals surface area contributed by atoms with Gasteiger partial charge in [0.1, 0.15) is 0 Å². The first kappa shape index (κ1) is 18.1. The van der Waals surface area contributed by atoms with Crippen molar-refractivity contribution < 1.29 is 15.3 Å². The van der Waals surface area contributed by atoms with Gasteiger partial charge in [0.05, 0.1) is 5.60 Å². The summed E-state index contributed by atoms with van der Waals surface area (Å²) in [4.78, 5) is 2.51. The Bertz CT molecular complexity index is 682. The van der Waals surface area contributed by atoms with Crippen molar-refractivity contribution in [3.8, 4) is 11.5 Å². The molecule has 2 bridgehead atoms. The zero-order valence-corrected chi connectivity index (χ0v) is 16.2. The summed E-state index contributed by atoms with van der Waals surface area (Å²) >= 11 is 0. The predicted molar refractivity (Wildman–Crippen MR) is 103 cm³/mol. The monoisotopic (exact) mass is 359 g/mol. The molecule has 1 saturated heterocycles. The number of rotatable bonds is 5. The lowest BCUT2D eigenvalue weighted by atomic mass is 9.53. The standard InChI is InChI=1S/C22H33NO3/c1-3-4-10-22-11-12-23(14-15-6-5-7-15)18(21(22,2)26)13-16-8-9-17(24)20(25)19(16)22/h8-9,15,18,24-26H,3-7,10-14H2,1-2H3/t18?,21?,22-/m0/s1. The van der Waals surface area contributed by atoms with Gasteiger partial charge in [-0.1, -0.05) is 32.3 Å². The first-order chi connectivity index (χ1) is 12.4. The Morgan fingerprint density at radius 3 is 2.65 bits per heavy atom. The molecule has 1 aromatic rings. The Morgan fingerprint density at radius 1 is 1.23 bits per heavy atom. The molecule has 3 aliphatic rings. The number of hydrogen-bond donors (Lipinski definition) is 3. The molecule has 3 N–H and O–H groups in total. The minimum atomic E-state index is -0.900. The van der Waals surface area contributed by atoms with Crippen LogP contribution >= 0.6 is 0 Å². The molecule has 1 aromatic carbocycles. The van der Waals surface area contributed by atoms with E-state index in [0.717, 1.165) is 62.2 Å². The number of phenols is 2. The highest BCUT2D eigenvalue weighted by Gasteiger charge is 2.61. The van der Waals surface area contributed by atoms with E-state index in [0.29, 0.717) is 0 Å². The van der Waals surface area contributed by atoms with E-state index in [2.05, 4.69) is 11.8 Å². The average molecular weight is 360 g/mol. The molecule has 0 radical (unpaired) electrons. The average Bonchev–Trinajstić information content (AvgIpc) is 2.55. The maximum Gasteiger partial charge on any atom is 0.161 e. The van der Waals surface area contributed by atoms with Gasteiger partial charge in [0.15, 0.2) is 11.5 Å². The number of nitrogens with zero attached hydrogens (tertiary/aromatic N) is 1. The Kier molecular flexibility index (Phi) is 4.47. The molecule has 2 unspecified atom stereocenters. The van der Waals surface area contributed by atoms with Crippen LogP contribution in [0.15, 0.2) is 12.1 Å². The molecule has 1 aliphatic heterocycles. The minimum absolute atomic E-state index is 0.00947. The molecule has 2 aliphatic carbocycles. The second-order valence-corrected chi connectivity index (χ2v) is 9.06. The largest absolute Gasteiger partial charge is 0.504 e. The smallest absolute Gasteiger partial charge is 0.161 e. The van der Waals surface area contributed by atoms with Crippen LogP contribution in [0.25, 0.3) is 0 Å². The molecule has 3 atom stereocenters. The summed E-state index contributed by atoms with van der Waals surface area (Å²) in [6.07, 6.45) is 8.49. The molecule has 26 heavy (non-hydrogen) atoms. The molecule has 0 spiro atoms. The molecule has 144 valence electrons. The molecular weight excluding hydrogens is 326 g/mol. The molecule has 4 nitrogen and oxygen atoms in total. The van der Waals surface area contributed by atoms with Crippen LogP contribution in [0.4, 0.5) is 0 Å². The van der Waals surface area contributed by atoms with Crippen LogP contribution in [-0.4, -0.2) is 45.0 Å². The van der Waals surface area contributed by atoms with E-state index in [1.54, 1.807) is 6.07 Å². The van der Waals surface area contributed by atoms with Crippen LogP contribution in [0.5, 0.6) is 11.5 Å². The van der Waals surface area contributed by atoms with Gasteiger partial charge in [0, 0.05) is 23.6 Å². The van der Waals surface area contributed by atoms with Gasteiger partial charge < -0.3 is 15.3 Å². The molecule has 0 aromatic heterocycles. The summed E-state index contributed by atoms with van der Waals surface area (Å²) in [5.74, 6) is 0.708. The zero-order valence-electron chi connectivity index (χ0n) is 16.2. The van der Waals surface area contributed by atoms with Crippen LogP contribution < -0.4 is 0 Å². The SMILES string of the molecule is CCCC[C@]12CCN(CC3CCC3)C(Cc3ccc(O)c(O)c31)C2(C)O. The number of aliphatic hydroxyl groups is 1. The van der Waals surface area contributed by atoms with Crippen LogP contribution in [0.2, 0.25) is 0 Å². The van der Waals surface area contributed by atoms with Crippen molar-refractivity contribution in [3.05, 3.63) is 23.3 Å². The van der Waals surface area contributed by atoms with Gasteiger partial charge in [-0.15, -0.1) is 0 Å². The lowest BCUT2D eigenvalue weighted by molar-refractivity contribution is -0.142. The van der Waals surface area contributed by atoms with Crippen molar-refractivity contribution in [1.29, 1.82) is 0 Å². The third-order valence-corrected chi connectivity index (χ3v) is 7.69. The molecule has 4 rings (SSSR count). The highest BCUT2D eigenvalue weighted by atomic mass is 16.3. The minimum Gasteiger partial charge on any atom is -0.504 e. The van der Waals surface area contributed by atoms with Crippen molar-refractivity contribution in [1.82, 2.24) is 4.90 Å². The first-order valence-corrected chi connectivity index (χ1v) is 10.4. The summed E-state index contributed by atoms with van der Waals surface area (Å²) < 4.78 is 0. The van der Waals surface area contributed by atoms with E-state index in [1.807, 2.05) is 13.0 Å². The molecular formula is C22H33NO3. The Labute approximate surface area is 156 Å².